The Hall–Kier alpha value is -1.59. The van der Waals surface area contributed by atoms with E-state index in [0.29, 0.717) is 18.3 Å². The third kappa shape index (κ3) is 3.49. The topological polar surface area (TPSA) is 53.7 Å². The van der Waals surface area contributed by atoms with Crippen molar-refractivity contribution in [1.82, 2.24) is 4.90 Å². The summed E-state index contributed by atoms with van der Waals surface area (Å²) in [5.74, 6) is -0.331. The number of aryl methyl sites for hydroxylation is 1. The summed E-state index contributed by atoms with van der Waals surface area (Å²) >= 11 is 1.76. The van der Waals surface area contributed by atoms with Crippen LogP contribution in [0.2, 0.25) is 0 Å². The Morgan fingerprint density at radius 1 is 1.55 bits per heavy atom. The summed E-state index contributed by atoms with van der Waals surface area (Å²) in [6.07, 6.45) is 0.997. The molecule has 0 fully saturated rings. The fraction of sp³-hybridized carbons (Fsp3) is 0.400. The van der Waals surface area contributed by atoms with Crippen LogP contribution >= 0.6 is 11.3 Å². The molecule has 0 aromatic carbocycles. The van der Waals surface area contributed by atoms with Crippen molar-refractivity contribution in [3.8, 4) is 0 Å². The quantitative estimate of drug-likeness (QED) is 0.886. The van der Waals surface area contributed by atoms with E-state index in [4.69, 9.17) is 9.52 Å². The predicted molar refractivity (Wildman–Crippen MR) is 79.4 cm³/mol. The average Bonchev–Trinajstić information content (AvgIpc) is 3.00. The molecule has 2 aromatic heterocycles. The molecule has 5 heteroatoms. The second-order valence-electron chi connectivity index (χ2n) is 5.04. The van der Waals surface area contributed by atoms with Gasteiger partial charge in [0, 0.05) is 23.0 Å². The van der Waals surface area contributed by atoms with Crippen LogP contribution in [0.25, 0.3) is 0 Å². The van der Waals surface area contributed by atoms with Gasteiger partial charge in [-0.3, -0.25) is 4.90 Å². The number of hydrogen-bond acceptors (Lipinski definition) is 4. The molecular weight excluding hydrogens is 274 g/mol. The Bertz CT molecular complexity index is 574. The van der Waals surface area contributed by atoms with Gasteiger partial charge in [-0.15, -0.1) is 11.3 Å². The molecule has 0 aliphatic rings. The number of thiophene rings is 1. The smallest absolute Gasteiger partial charge is 0.371 e. The molecule has 20 heavy (non-hydrogen) atoms. The largest absolute Gasteiger partial charge is 0.475 e. The number of carboxylic acid groups (broad SMARTS) is 1. The van der Waals surface area contributed by atoms with E-state index in [-0.39, 0.29) is 5.76 Å². The van der Waals surface area contributed by atoms with Gasteiger partial charge in [0.05, 0.1) is 0 Å². The second-order valence-corrected chi connectivity index (χ2v) is 6.08. The first-order chi connectivity index (χ1) is 9.47. The minimum absolute atomic E-state index is 0.0109. The fourth-order valence-electron chi connectivity index (χ4n) is 2.08. The van der Waals surface area contributed by atoms with Crippen molar-refractivity contribution in [2.75, 3.05) is 7.05 Å². The van der Waals surface area contributed by atoms with E-state index in [1.165, 1.54) is 4.88 Å². The number of likely N-dealkylation sites (N-methyl/N-ethyl adjacent to an activating group) is 1. The highest BCUT2D eigenvalue weighted by Gasteiger charge is 2.17. The molecule has 4 nitrogen and oxygen atoms in total. The number of nitrogens with zero attached hydrogens (tertiary/aromatic N) is 1. The van der Waals surface area contributed by atoms with E-state index >= 15 is 0 Å². The molecule has 0 aliphatic carbocycles. The molecule has 0 spiro atoms. The maximum atomic E-state index is 10.9. The van der Waals surface area contributed by atoms with Gasteiger partial charge in [0.2, 0.25) is 5.76 Å². The lowest BCUT2D eigenvalue weighted by molar-refractivity contribution is 0.0661. The average molecular weight is 293 g/mol. The molecule has 1 unspecified atom stereocenters. The normalized spacial score (nSPS) is 12.8. The zero-order valence-electron chi connectivity index (χ0n) is 11.9. The maximum Gasteiger partial charge on any atom is 0.371 e. The summed E-state index contributed by atoms with van der Waals surface area (Å²) < 4.78 is 5.24. The van der Waals surface area contributed by atoms with Crippen LogP contribution in [0, 0.1) is 6.92 Å². The summed E-state index contributed by atoms with van der Waals surface area (Å²) in [6.45, 7) is 4.67. The van der Waals surface area contributed by atoms with Crippen molar-refractivity contribution < 1.29 is 14.3 Å². The van der Waals surface area contributed by atoms with Gasteiger partial charge in [0.1, 0.15) is 5.76 Å². The van der Waals surface area contributed by atoms with Gasteiger partial charge in [0.25, 0.3) is 0 Å². The Labute approximate surface area is 122 Å². The molecule has 0 amide bonds. The molecule has 0 saturated heterocycles. The van der Waals surface area contributed by atoms with Gasteiger partial charge in [0.15, 0.2) is 0 Å². The summed E-state index contributed by atoms with van der Waals surface area (Å²) in [7, 11) is 2.05. The standard InChI is InChI=1S/C15H19NO3S/c1-10(7-13-5-4-6-20-13)16(3)9-12-8-14(15(17)18)19-11(12)2/h4-6,8,10H,7,9H2,1-3H3,(H,17,18). The van der Waals surface area contributed by atoms with Crippen molar-refractivity contribution in [2.24, 2.45) is 0 Å². The Kier molecular flexibility index (Phi) is 4.62. The molecule has 108 valence electrons. The van der Waals surface area contributed by atoms with E-state index in [1.807, 2.05) is 7.05 Å². The first-order valence-corrected chi connectivity index (χ1v) is 7.40. The second kappa shape index (κ2) is 6.24. The van der Waals surface area contributed by atoms with Gasteiger partial charge in [-0.1, -0.05) is 6.07 Å². The molecular formula is C15H19NO3S. The molecule has 1 atom stereocenters. The zero-order chi connectivity index (χ0) is 14.7. The molecule has 0 radical (unpaired) electrons. The molecule has 0 bridgehead atoms. The number of furan rings is 1. The van der Waals surface area contributed by atoms with Gasteiger partial charge in [-0.05, 0) is 44.8 Å². The highest BCUT2D eigenvalue weighted by atomic mass is 32.1. The number of aromatic carboxylic acids is 1. The lowest BCUT2D eigenvalue weighted by atomic mass is 10.1. The van der Waals surface area contributed by atoms with Crippen molar-refractivity contribution >= 4 is 17.3 Å². The van der Waals surface area contributed by atoms with Crippen LogP contribution in [0.1, 0.15) is 33.7 Å². The van der Waals surface area contributed by atoms with Crippen molar-refractivity contribution in [1.29, 1.82) is 0 Å². The lowest BCUT2D eigenvalue weighted by Gasteiger charge is -2.24. The number of carbonyl (C=O) groups is 1. The van der Waals surface area contributed by atoms with Crippen LogP contribution in [0.4, 0.5) is 0 Å². The van der Waals surface area contributed by atoms with E-state index in [2.05, 4.69) is 29.3 Å². The van der Waals surface area contributed by atoms with Crippen LogP contribution in [-0.2, 0) is 13.0 Å². The van der Waals surface area contributed by atoms with Crippen LogP contribution < -0.4 is 0 Å². The molecule has 2 heterocycles. The van der Waals surface area contributed by atoms with Gasteiger partial charge < -0.3 is 9.52 Å². The van der Waals surface area contributed by atoms with Gasteiger partial charge in [-0.25, -0.2) is 4.79 Å². The lowest BCUT2D eigenvalue weighted by Crippen LogP contribution is -2.30. The summed E-state index contributed by atoms with van der Waals surface area (Å²) in [6, 6.07) is 6.20. The SMILES string of the molecule is Cc1oc(C(=O)O)cc1CN(C)C(C)Cc1cccs1. The molecule has 2 rings (SSSR count). The van der Waals surface area contributed by atoms with Crippen molar-refractivity contribution in [3.63, 3.8) is 0 Å². The van der Waals surface area contributed by atoms with E-state index in [9.17, 15) is 4.79 Å². The van der Waals surface area contributed by atoms with E-state index < -0.39 is 5.97 Å². The van der Waals surface area contributed by atoms with Crippen LogP contribution in [-0.4, -0.2) is 29.1 Å². The summed E-state index contributed by atoms with van der Waals surface area (Å²) in [4.78, 5) is 14.5. The Morgan fingerprint density at radius 2 is 2.30 bits per heavy atom. The van der Waals surface area contributed by atoms with Crippen LogP contribution in [0.3, 0.4) is 0 Å². The van der Waals surface area contributed by atoms with Crippen LogP contribution in [0.15, 0.2) is 28.0 Å². The molecule has 2 aromatic rings. The summed E-state index contributed by atoms with van der Waals surface area (Å²) in [5.41, 5.74) is 0.933. The van der Waals surface area contributed by atoms with Crippen molar-refractivity contribution in [3.05, 3.63) is 45.5 Å². The monoisotopic (exact) mass is 293 g/mol. The maximum absolute atomic E-state index is 10.9. The van der Waals surface area contributed by atoms with Gasteiger partial charge in [-0.2, -0.15) is 0 Å². The van der Waals surface area contributed by atoms with Crippen molar-refractivity contribution in [2.45, 2.75) is 32.9 Å². The highest BCUT2D eigenvalue weighted by molar-refractivity contribution is 7.09. The third-order valence-electron chi connectivity index (χ3n) is 3.48. The van der Waals surface area contributed by atoms with Crippen LogP contribution in [0.5, 0.6) is 0 Å². The predicted octanol–water partition coefficient (Wildman–Crippen LogP) is 3.41. The van der Waals surface area contributed by atoms with E-state index in [1.54, 1.807) is 24.3 Å². The number of hydrogen-bond donors (Lipinski definition) is 1. The minimum Gasteiger partial charge on any atom is -0.475 e. The third-order valence-corrected chi connectivity index (χ3v) is 4.38. The highest BCUT2D eigenvalue weighted by Crippen LogP contribution is 2.19. The summed E-state index contributed by atoms with van der Waals surface area (Å²) in [5, 5.41) is 11.0. The van der Waals surface area contributed by atoms with E-state index in [0.717, 1.165) is 12.0 Å². The Morgan fingerprint density at radius 3 is 2.85 bits per heavy atom. The Balaban J connectivity index is 2.00. The fourth-order valence-corrected chi connectivity index (χ4v) is 2.91. The molecule has 0 aliphatic heterocycles. The first-order valence-electron chi connectivity index (χ1n) is 6.52. The first kappa shape index (κ1) is 14.8. The molecule has 0 saturated carbocycles. The number of carboxylic acids is 1. The zero-order valence-corrected chi connectivity index (χ0v) is 12.7. The number of rotatable bonds is 6. The minimum atomic E-state index is -1.02. The van der Waals surface area contributed by atoms with Gasteiger partial charge >= 0.3 is 5.97 Å². The molecule has 1 N–H and O–H groups in total.